The van der Waals surface area contributed by atoms with Crippen molar-refractivity contribution in [3.63, 3.8) is 0 Å². The molecule has 1 aromatic rings. The number of amidine groups is 1. The van der Waals surface area contributed by atoms with Gasteiger partial charge in [-0.05, 0) is 30.5 Å². The summed E-state index contributed by atoms with van der Waals surface area (Å²) in [6, 6.07) is 4.15. The first-order valence-corrected chi connectivity index (χ1v) is 8.99. The van der Waals surface area contributed by atoms with Crippen LogP contribution in [0.15, 0.2) is 27.1 Å². The van der Waals surface area contributed by atoms with Gasteiger partial charge in [-0.1, -0.05) is 19.4 Å². The van der Waals surface area contributed by atoms with Crippen molar-refractivity contribution < 1.29 is 9.47 Å². The number of ether oxygens (including phenoxy) is 2. The molecule has 7 nitrogen and oxygen atoms in total. The standard InChI is InChI=1S/C19H27N5O2/c1-5-6-7-24-15(23-16-18(20)21-11-22-19(16)24)10-13-8-12(2)17(26-4)14(9-13)25-3/h8-9,11,15,19H,5-7,10H2,1-4H3,(H2,20,21,22). The SMILES string of the molecule is CCCCN1C(Cc2cc(C)c(OC)c(OC)c2)N=C2C(N)=NC=NC21. The number of nitrogens with zero attached hydrogens (tertiary/aromatic N) is 4. The number of methoxy groups -OCH3 is 2. The van der Waals surface area contributed by atoms with Gasteiger partial charge < -0.3 is 15.2 Å². The van der Waals surface area contributed by atoms with Crippen molar-refractivity contribution in [2.75, 3.05) is 20.8 Å². The van der Waals surface area contributed by atoms with Crippen molar-refractivity contribution >= 4 is 17.9 Å². The van der Waals surface area contributed by atoms with Gasteiger partial charge in [-0.3, -0.25) is 9.89 Å². The second-order valence-corrected chi connectivity index (χ2v) is 6.59. The summed E-state index contributed by atoms with van der Waals surface area (Å²) in [5.74, 6) is 1.98. The minimum absolute atomic E-state index is 0.0111. The molecule has 3 rings (SSSR count). The first-order chi connectivity index (χ1) is 12.6. The monoisotopic (exact) mass is 357 g/mol. The molecule has 0 saturated carbocycles. The summed E-state index contributed by atoms with van der Waals surface area (Å²) >= 11 is 0. The van der Waals surface area contributed by atoms with E-state index < -0.39 is 0 Å². The lowest BCUT2D eigenvalue weighted by molar-refractivity contribution is 0.196. The number of rotatable bonds is 7. The molecule has 0 aliphatic carbocycles. The summed E-state index contributed by atoms with van der Waals surface area (Å²) < 4.78 is 10.9. The number of aryl methyl sites for hydroxylation is 1. The van der Waals surface area contributed by atoms with Gasteiger partial charge in [-0.15, -0.1) is 0 Å². The van der Waals surface area contributed by atoms with Crippen molar-refractivity contribution in [2.24, 2.45) is 20.7 Å². The summed E-state index contributed by atoms with van der Waals surface area (Å²) in [4.78, 5) is 15.8. The Morgan fingerprint density at radius 2 is 2.04 bits per heavy atom. The molecule has 0 radical (unpaired) electrons. The quantitative estimate of drug-likeness (QED) is 0.810. The number of nitrogens with two attached hydrogens (primary N) is 1. The molecule has 0 fully saturated rings. The van der Waals surface area contributed by atoms with E-state index in [0.29, 0.717) is 5.84 Å². The largest absolute Gasteiger partial charge is 0.493 e. The van der Waals surface area contributed by atoms with Gasteiger partial charge in [0.2, 0.25) is 0 Å². The van der Waals surface area contributed by atoms with Gasteiger partial charge in [0.05, 0.1) is 14.2 Å². The maximum atomic E-state index is 6.04. The molecule has 2 N–H and O–H groups in total. The van der Waals surface area contributed by atoms with E-state index in [0.717, 1.165) is 54.1 Å². The summed E-state index contributed by atoms with van der Waals surface area (Å²) in [6.45, 7) is 5.13. The molecule has 140 valence electrons. The van der Waals surface area contributed by atoms with Crippen molar-refractivity contribution in [1.82, 2.24) is 4.90 Å². The number of hydrogen-bond donors (Lipinski definition) is 1. The zero-order chi connectivity index (χ0) is 18.7. The van der Waals surface area contributed by atoms with Gasteiger partial charge in [0, 0.05) is 13.0 Å². The molecule has 2 heterocycles. The number of unbranched alkanes of at least 4 members (excludes halogenated alkanes) is 1. The van der Waals surface area contributed by atoms with Crippen LogP contribution in [0.3, 0.4) is 0 Å². The fraction of sp³-hybridized carbons (Fsp3) is 0.526. The van der Waals surface area contributed by atoms with E-state index in [4.69, 9.17) is 20.2 Å². The third kappa shape index (κ3) is 3.44. The first kappa shape index (κ1) is 18.4. The molecular weight excluding hydrogens is 330 g/mol. The third-order valence-electron chi connectivity index (χ3n) is 4.81. The lowest BCUT2D eigenvalue weighted by atomic mass is 10.0. The second-order valence-electron chi connectivity index (χ2n) is 6.59. The summed E-state index contributed by atoms with van der Waals surface area (Å²) in [7, 11) is 3.32. The van der Waals surface area contributed by atoms with E-state index in [-0.39, 0.29) is 12.3 Å². The fourth-order valence-corrected chi connectivity index (χ4v) is 3.53. The van der Waals surface area contributed by atoms with E-state index in [1.165, 1.54) is 0 Å². The number of benzene rings is 1. The van der Waals surface area contributed by atoms with Gasteiger partial charge in [0.25, 0.3) is 0 Å². The van der Waals surface area contributed by atoms with Gasteiger partial charge in [0.15, 0.2) is 17.7 Å². The van der Waals surface area contributed by atoms with Crippen molar-refractivity contribution in [1.29, 1.82) is 0 Å². The van der Waals surface area contributed by atoms with Gasteiger partial charge >= 0.3 is 0 Å². The van der Waals surface area contributed by atoms with Crippen LogP contribution >= 0.6 is 0 Å². The molecule has 2 atom stereocenters. The Morgan fingerprint density at radius 3 is 2.73 bits per heavy atom. The summed E-state index contributed by atoms with van der Waals surface area (Å²) in [5.41, 5.74) is 9.01. The first-order valence-electron chi connectivity index (χ1n) is 8.99. The van der Waals surface area contributed by atoms with Gasteiger partial charge in [-0.2, -0.15) is 0 Å². The number of hydrogen-bond acceptors (Lipinski definition) is 7. The lowest BCUT2D eigenvalue weighted by Crippen LogP contribution is -2.45. The van der Waals surface area contributed by atoms with Crippen LogP contribution in [0, 0.1) is 6.92 Å². The highest BCUT2D eigenvalue weighted by atomic mass is 16.5. The average molecular weight is 357 g/mol. The Balaban J connectivity index is 1.88. The molecule has 2 aliphatic rings. The summed E-state index contributed by atoms with van der Waals surface area (Å²) in [5, 5.41) is 0. The van der Waals surface area contributed by atoms with Crippen LogP contribution in [-0.2, 0) is 6.42 Å². The molecule has 2 aliphatic heterocycles. The van der Waals surface area contributed by atoms with Crippen LogP contribution < -0.4 is 15.2 Å². The predicted octanol–water partition coefficient (Wildman–Crippen LogP) is 2.16. The van der Waals surface area contributed by atoms with Crippen LogP contribution in [0.2, 0.25) is 0 Å². The highest BCUT2D eigenvalue weighted by Gasteiger charge is 2.38. The molecule has 2 unspecified atom stereocenters. The predicted molar refractivity (Wildman–Crippen MR) is 105 cm³/mol. The van der Waals surface area contributed by atoms with Crippen LogP contribution in [0.4, 0.5) is 0 Å². The van der Waals surface area contributed by atoms with Gasteiger partial charge in [0.1, 0.15) is 24.1 Å². The van der Waals surface area contributed by atoms with E-state index in [9.17, 15) is 0 Å². The molecule has 0 spiro atoms. The van der Waals surface area contributed by atoms with E-state index in [1.54, 1.807) is 20.6 Å². The van der Waals surface area contributed by atoms with Crippen LogP contribution in [0.25, 0.3) is 0 Å². The normalized spacial score (nSPS) is 22.0. The smallest absolute Gasteiger partial charge is 0.163 e. The molecule has 0 bridgehead atoms. The topological polar surface area (TPSA) is 84.8 Å². The van der Waals surface area contributed by atoms with E-state index in [2.05, 4.69) is 27.9 Å². The Kier molecular flexibility index (Phi) is 5.56. The Labute approximate surface area is 154 Å². The maximum Gasteiger partial charge on any atom is 0.163 e. The second kappa shape index (κ2) is 7.86. The molecule has 0 saturated heterocycles. The summed E-state index contributed by atoms with van der Waals surface area (Å²) in [6.07, 6.45) is 4.38. The number of fused-ring (bicyclic) bond motifs is 1. The molecule has 0 aromatic heterocycles. The average Bonchev–Trinajstić information content (AvgIpc) is 2.98. The highest BCUT2D eigenvalue weighted by molar-refractivity contribution is 6.45. The maximum absolute atomic E-state index is 6.04. The van der Waals surface area contributed by atoms with Crippen LogP contribution in [0.5, 0.6) is 11.5 Å². The zero-order valence-electron chi connectivity index (χ0n) is 15.9. The molecule has 0 amide bonds. The van der Waals surface area contributed by atoms with Crippen molar-refractivity contribution in [3.8, 4) is 11.5 Å². The van der Waals surface area contributed by atoms with Gasteiger partial charge in [-0.25, -0.2) is 9.98 Å². The van der Waals surface area contributed by atoms with E-state index >= 15 is 0 Å². The molecule has 1 aromatic carbocycles. The van der Waals surface area contributed by atoms with Crippen molar-refractivity contribution in [2.45, 2.75) is 45.4 Å². The Hall–Kier alpha value is -2.41. The van der Waals surface area contributed by atoms with Crippen molar-refractivity contribution in [3.05, 3.63) is 23.3 Å². The van der Waals surface area contributed by atoms with Crippen LogP contribution in [-0.4, -0.2) is 55.9 Å². The van der Waals surface area contributed by atoms with Crippen LogP contribution in [0.1, 0.15) is 30.9 Å². The number of aliphatic imine (C=N–C) groups is 3. The highest BCUT2D eigenvalue weighted by Crippen LogP contribution is 2.33. The third-order valence-corrected chi connectivity index (χ3v) is 4.81. The Morgan fingerprint density at radius 1 is 1.23 bits per heavy atom. The minimum atomic E-state index is -0.120. The minimum Gasteiger partial charge on any atom is -0.493 e. The molecular formula is C19H27N5O2. The fourth-order valence-electron chi connectivity index (χ4n) is 3.53. The Bertz CT molecular complexity index is 757. The molecule has 26 heavy (non-hydrogen) atoms. The van der Waals surface area contributed by atoms with E-state index in [1.807, 2.05) is 13.0 Å². The zero-order valence-corrected chi connectivity index (χ0v) is 15.9. The molecule has 7 heteroatoms. The lowest BCUT2D eigenvalue weighted by Gasteiger charge is -2.28.